The number of hydrogen-bond donors (Lipinski definition) is 2. The molecule has 1 aromatic carbocycles. The number of carbonyl (C=O) groups is 2. The molecular formula is C15H19FN2O2. The summed E-state index contributed by atoms with van der Waals surface area (Å²) in [5, 5.41) is 5.19. The van der Waals surface area contributed by atoms with Crippen molar-refractivity contribution < 1.29 is 14.0 Å². The maximum Gasteiger partial charge on any atom is 0.244 e. The molecule has 2 N–H and O–H groups in total. The van der Waals surface area contributed by atoms with Crippen LogP contribution in [0.25, 0.3) is 6.08 Å². The number of carbonyl (C=O) groups excluding carboxylic acids is 2. The smallest absolute Gasteiger partial charge is 0.244 e. The molecule has 0 fully saturated rings. The third-order valence-electron chi connectivity index (χ3n) is 2.21. The maximum atomic E-state index is 12.9. The lowest BCUT2D eigenvalue weighted by atomic mass is 10.1. The predicted molar refractivity (Wildman–Crippen MR) is 76.3 cm³/mol. The van der Waals surface area contributed by atoms with Gasteiger partial charge in [-0.2, -0.15) is 0 Å². The van der Waals surface area contributed by atoms with Crippen LogP contribution in [-0.2, 0) is 9.59 Å². The lowest BCUT2D eigenvalue weighted by molar-refractivity contribution is -0.124. The highest BCUT2D eigenvalue weighted by Gasteiger charge is 2.13. The first-order chi connectivity index (χ1) is 9.26. The highest BCUT2D eigenvalue weighted by molar-refractivity contribution is 5.94. The molecule has 0 aromatic heterocycles. The van der Waals surface area contributed by atoms with Gasteiger partial charge in [-0.3, -0.25) is 9.59 Å². The fourth-order valence-electron chi connectivity index (χ4n) is 1.47. The quantitative estimate of drug-likeness (QED) is 0.826. The van der Waals surface area contributed by atoms with Crippen LogP contribution >= 0.6 is 0 Å². The van der Waals surface area contributed by atoms with E-state index >= 15 is 0 Å². The Morgan fingerprint density at radius 2 is 2.00 bits per heavy atom. The van der Waals surface area contributed by atoms with Gasteiger partial charge in [-0.05, 0) is 44.5 Å². The number of rotatable bonds is 4. The molecule has 0 aliphatic carbocycles. The van der Waals surface area contributed by atoms with Gasteiger partial charge in [0.1, 0.15) is 5.82 Å². The zero-order valence-electron chi connectivity index (χ0n) is 11.9. The van der Waals surface area contributed by atoms with Crippen molar-refractivity contribution in [3.05, 3.63) is 41.7 Å². The minimum Gasteiger partial charge on any atom is -0.350 e. The van der Waals surface area contributed by atoms with Gasteiger partial charge >= 0.3 is 0 Å². The average molecular weight is 278 g/mol. The molecule has 0 spiro atoms. The van der Waals surface area contributed by atoms with E-state index in [2.05, 4.69) is 10.6 Å². The Balaban J connectivity index is 2.42. The largest absolute Gasteiger partial charge is 0.350 e. The van der Waals surface area contributed by atoms with Gasteiger partial charge in [0.25, 0.3) is 0 Å². The van der Waals surface area contributed by atoms with Crippen molar-refractivity contribution in [2.24, 2.45) is 0 Å². The lowest BCUT2D eigenvalue weighted by Gasteiger charge is -2.20. The summed E-state index contributed by atoms with van der Waals surface area (Å²) in [6.07, 6.45) is 2.75. The zero-order valence-corrected chi connectivity index (χ0v) is 11.9. The number of benzene rings is 1. The third-order valence-corrected chi connectivity index (χ3v) is 2.21. The molecule has 0 atom stereocenters. The third kappa shape index (κ3) is 6.68. The topological polar surface area (TPSA) is 58.2 Å². The van der Waals surface area contributed by atoms with Crippen LogP contribution in [0.5, 0.6) is 0 Å². The maximum absolute atomic E-state index is 12.9. The van der Waals surface area contributed by atoms with Gasteiger partial charge in [-0.25, -0.2) is 4.39 Å². The molecule has 0 aliphatic rings. The molecule has 4 nitrogen and oxygen atoms in total. The van der Waals surface area contributed by atoms with E-state index in [1.54, 1.807) is 12.1 Å². The summed E-state index contributed by atoms with van der Waals surface area (Å²) in [5.74, 6) is -1.03. The molecule has 0 radical (unpaired) electrons. The van der Waals surface area contributed by atoms with Crippen LogP contribution in [0.15, 0.2) is 30.3 Å². The van der Waals surface area contributed by atoms with Gasteiger partial charge in [0.15, 0.2) is 0 Å². The predicted octanol–water partition coefficient (Wildman–Crippen LogP) is 1.87. The van der Waals surface area contributed by atoms with Gasteiger partial charge in [0.2, 0.25) is 11.8 Å². The second-order valence-corrected chi connectivity index (χ2v) is 5.40. The van der Waals surface area contributed by atoms with Crippen LogP contribution in [-0.4, -0.2) is 23.9 Å². The fraction of sp³-hybridized carbons (Fsp3) is 0.333. The van der Waals surface area contributed by atoms with Gasteiger partial charge in [-0.1, -0.05) is 12.1 Å². The summed E-state index contributed by atoms with van der Waals surface area (Å²) < 4.78 is 12.9. The van der Waals surface area contributed by atoms with Crippen molar-refractivity contribution in [2.45, 2.75) is 26.3 Å². The molecule has 0 saturated heterocycles. The SMILES string of the molecule is CC(C)(C)NC(=O)CNC(=O)/C=C/c1cccc(F)c1. The molecule has 20 heavy (non-hydrogen) atoms. The lowest BCUT2D eigenvalue weighted by Crippen LogP contribution is -2.45. The highest BCUT2D eigenvalue weighted by atomic mass is 19.1. The number of nitrogens with one attached hydrogen (secondary N) is 2. The molecule has 5 heteroatoms. The Morgan fingerprint density at radius 1 is 1.30 bits per heavy atom. The van der Waals surface area contributed by atoms with Crippen LogP contribution in [0.4, 0.5) is 4.39 Å². The van der Waals surface area contributed by atoms with E-state index in [-0.39, 0.29) is 23.8 Å². The van der Waals surface area contributed by atoms with Gasteiger partial charge in [0.05, 0.1) is 6.54 Å². The summed E-state index contributed by atoms with van der Waals surface area (Å²) >= 11 is 0. The van der Waals surface area contributed by atoms with E-state index in [1.165, 1.54) is 24.3 Å². The van der Waals surface area contributed by atoms with Crippen molar-refractivity contribution in [2.75, 3.05) is 6.54 Å². The molecule has 0 bridgehead atoms. The summed E-state index contributed by atoms with van der Waals surface area (Å²) in [5.41, 5.74) is 0.249. The van der Waals surface area contributed by atoms with Crippen LogP contribution < -0.4 is 10.6 Å². The van der Waals surface area contributed by atoms with Crippen molar-refractivity contribution in [1.82, 2.24) is 10.6 Å². The summed E-state index contributed by atoms with van der Waals surface area (Å²) in [7, 11) is 0. The number of amides is 2. The van der Waals surface area contributed by atoms with Crippen molar-refractivity contribution in [1.29, 1.82) is 0 Å². The van der Waals surface area contributed by atoms with Gasteiger partial charge < -0.3 is 10.6 Å². The molecule has 0 aliphatic heterocycles. The molecule has 0 heterocycles. The van der Waals surface area contributed by atoms with Crippen molar-refractivity contribution >= 4 is 17.9 Å². The van der Waals surface area contributed by atoms with Crippen LogP contribution in [0.1, 0.15) is 26.3 Å². The Kier molecular flexibility index (Phi) is 5.43. The minimum absolute atomic E-state index is 0.0937. The van der Waals surface area contributed by atoms with Gasteiger partial charge in [0, 0.05) is 11.6 Å². The summed E-state index contributed by atoms with van der Waals surface area (Å²) in [6.45, 7) is 5.48. The molecule has 108 valence electrons. The fourth-order valence-corrected chi connectivity index (χ4v) is 1.47. The molecule has 1 rings (SSSR count). The van der Waals surface area contributed by atoms with E-state index in [9.17, 15) is 14.0 Å². The molecule has 0 unspecified atom stereocenters. The standard InChI is InChI=1S/C15H19FN2O2/c1-15(2,3)18-14(20)10-17-13(19)8-7-11-5-4-6-12(16)9-11/h4-9H,10H2,1-3H3,(H,17,19)(H,18,20)/b8-7+. The van der Waals surface area contributed by atoms with E-state index in [0.29, 0.717) is 5.56 Å². The van der Waals surface area contributed by atoms with E-state index in [4.69, 9.17) is 0 Å². The minimum atomic E-state index is -0.404. The molecule has 1 aromatic rings. The van der Waals surface area contributed by atoms with Crippen molar-refractivity contribution in [3.63, 3.8) is 0 Å². The second-order valence-electron chi connectivity index (χ2n) is 5.40. The Bertz CT molecular complexity index is 519. The highest BCUT2D eigenvalue weighted by Crippen LogP contribution is 2.05. The normalized spacial score (nSPS) is 11.4. The van der Waals surface area contributed by atoms with E-state index in [1.807, 2.05) is 20.8 Å². The van der Waals surface area contributed by atoms with Crippen LogP contribution in [0, 0.1) is 5.82 Å². The van der Waals surface area contributed by atoms with E-state index < -0.39 is 5.91 Å². The first-order valence-electron chi connectivity index (χ1n) is 6.29. The Hall–Kier alpha value is -2.17. The molecule has 0 saturated carbocycles. The van der Waals surface area contributed by atoms with Crippen LogP contribution in [0.2, 0.25) is 0 Å². The van der Waals surface area contributed by atoms with Crippen LogP contribution in [0.3, 0.4) is 0 Å². The van der Waals surface area contributed by atoms with Gasteiger partial charge in [-0.15, -0.1) is 0 Å². The second kappa shape index (κ2) is 6.84. The summed E-state index contributed by atoms with van der Waals surface area (Å²) in [4.78, 5) is 23.0. The Labute approximate surface area is 118 Å². The Morgan fingerprint density at radius 3 is 2.60 bits per heavy atom. The first-order valence-corrected chi connectivity index (χ1v) is 6.29. The molecule has 2 amide bonds. The first kappa shape index (κ1) is 15.9. The number of halogens is 1. The summed E-state index contributed by atoms with van der Waals surface area (Å²) in [6, 6.07) is 5.88. The molecular weight excluding hydrogens is 259 g/mol. The number of hydrogen-bond acceptors (Lipinski definition) is 2. The average Bonchev–Trinajstić information content (AvgIpc) is 2.32. The zero-order chi connectivity index (χ0) is 15.2. The van der Waals surface area contributed by atoms with Crippen molar-refractivity contribution in [3.8, 4) is 0 Å². The monoisotopic (exact) mass is 278 g/mol. The van der Waals surface area contributed by atoms with E-state index in [0.717, 1.165) is 0 Å².